The highest BCUT2D eigenvalue weighted by atomic mass is 14.8. The van der Waals surface area contributed by atoms with Crippen molar-refractivity contribution in [1.82, 2.24) is 5.32 Å². The smallest absolute Gasteiger partial charge is 0.0134 e. The van der Waals surface area contributed by atoms with Crippen LogP contribution in [0.15, 0.2) is 12.2 Å². The summed E-state index contributed by atoms with van der Waals surface area (Å²) in [5, 5.41) is 3.26. The van der Waals surface area contributed by atoms with E-state index in [0.29, 0.717) is 0 Å². The van der Waals surface area contributed by atoms with Crippen LogP contribution in [0.4, 0.5) is 0 Å². The molecule has 1 aliphatic rings. The van der Waals surface area contributed by atoms with Crippen LogP contribution in [0.1, 0.15) is 14.3 Å². The average Bonchev–Trinajstić information content (AvgIpc) is 1.90. The average molecular weight is 99.2 g/mol. The van der Waals surface area contributed by atoms with Gasteiger partial charge in [-0.05, 0) is 19.4 Å². The maximum atomic E-state index is 3.26. The van der Waals surface area contributed by atoms with Gasteiger partial charge in [0.2, 0.25) is 0 Å². The van der Waals surface area contributed by atoms with E-state index in [9.17, 15) is 0 Å². The van der Waals surface area contributed by atoms with Gasteiger partial charge < -0.3 is 5.32 Å². The summed E-state index contributed by atoms with van der Waals surface area (Å²) in [6.07, 6.45) is 6.98. The van der Waals surface area contributed by atoms with Crippen molar-refractivity contribution >= 4 is 0 Å². The van der Waals surface area contributed by atoms with Crippen molar-refractivity contribution in [3.63, 3.8) is 0 Å². The minimum absolute atomic E-state index is 0. The van der Waals surface area contributed by atoms with Gasteiger partial charge in [0.15, 0.2) is 0 Å². The Labute approximate surface area is 45.9 Å². The first-order valence-electron chi connectivity index (χ1n) is 2.86. The van der Waals surface area contributed by atoms with Gasteiger partial charge in [0.1, 0.15) is 0 Å². The Morgan fingerprint density at radius 1 is 1.43 bits per heavy atom. The lowest BCUT2D eigenvalue weighted by Crippen LogP contribution is -2.12. The third kappa shape index (κ3) is 1.74. The molecule has 0 saturated heterocycles. The number of hydrogen-bond acceptors (Lipinski definition) is 1. The second-order valence-electron chi connectivity index (χ2n) is 1.82. The third-order valence-corrected chi connectivity index (χ3v) is 1.15. The van der Waals surface area contributed by atoms with Crippen molar-refractivity contribution in [2.75, 3.05) is 13.1 Å². The first-order valence-corrected chi connectivity index (χ1v) is 2.86. The Kier molecular flexibility index (Phi) is 1.94. The van der Waals surface area contributed by atoms with Crippen molar-refractivity contribution in [3.05, 3.63) is 12.2 Å². The van der Waals surface area contributed by atoms with Crippen LogP contribution < -0.4 is 5.32 Å². The molecular formula is C6H13N. The summed E-state index contributed by atoms with van der Waals surface area (Å²) in [6, 6.07) is 0. The monoisotopic (exact) mass is 99.1 g/mol. The van der Waals surface area contributed by atoms with Crippen molar-refractivity contribution in [2.24, 2.45) is 0 Å². The SMILES string of the molecule is C1=CCNCCC1.[HH]. The van der Waals surface area contributed by atoms with Gasteiger partial charge >= 0.3 is 0 Å². The Balaban J connectivity index is 0.000000490. The zero-order valence-electron chi connectivity index (χ0n) is 4.48. The van der Waals surface area contributed by atoms with E-state index < -0.39 is 0 Å². The lowest BCUT2D eigenvalue weighted by molar-refractivity contribution is 0.721. The molecule has 1 aliphatic heterocycles. The van der Waals surface area contributed by atoms with Gasteiger partial charge in [-0.1, -0.05) is 12.2 Å². The lowest BCUT2D eigenvalue weighted by Gasteiger charge is -1.91. The molecule has 0 bridgehead atoms. The second-order valence-corrected chi connectivity index (χ2v) is 1.82. The first kappa shape index (κ1) is 4.85. The standard InChI is InChI=1S/C6H11N.H2/c1-2-4-6-7-5-3-1;/h1,3,7H,2,4-6H2;1H. The molecule has 1 nitrogen and oxygen atoms in total. The molecule has 7 heavy (non-hydrogen) atoms. The van der Waals surface area contributed by atoms with E-state index in [1.807, 2.05) is 0 Å². The largest absolute Gasteiger partial charge is 0.313 e. The molecule has 0 aromatic carbocycles. The Morgan fingerprint density at radius 2 is 2.43 bits per heavy atom. The molecule has 0 unspecified atom stereocenters. The zero-order chi connectivity index (χ0) is 4.95. The van der Waals surface area contributed by atoms with Crippen LogP contribution >= 0.6 is 0 Å². The minimum atomic E-state index is 0. The first-order chi connectivity index (χ1) is 3.50. The van der Waals surface area contributed by atoms with Crippen LogP contribution in [0.25, 0.3) is 0 Å². The van der Waals surface area contributed by atoms with Crippen LogP contribution in [0.5, 0.6) is 0 Å². The molecule has 1 rings (SSSR count). The summed E-state index contributed by atoms with van der Waals surface area (Å²) in [7, 11) is 0. The van der Waals surface area contributed by atoms with Crippen LogP contribution in [-0.2, 0) is 0 Å². The van der Waals surface area contributed by atoms with Gasteiger partial charge in [0, 0.05) is 7.97 Å². The quantitative estimate of drug-likeness (QED) is 0.449. The molecule has 1 heteroatoms. The van der Waals surface area contributed by atoms with Gasteiger partial charge in [-0.25, -0.2) is 0 Å². The normalized spacial score (nSPS) is 21.7. The number of nitrogens with one attached hydrogen (secondary N) is 1. The van der Waals surface area contributed by atoms with Crippen LogP contribution in [-0.4, -0.2) is 13.1 Å². The number of allylic oxidation sites excluding steroid dienone is 1. The predicted molar refractivity (Wildman–Crippen MR) is 33.4 cm³/mol. The Morgan fingerprint density at radius 3 is 3.43 bits per heavy atom. The third-order valence-electron chi connectivity index (χ3n) is 1.15. The molecule has 0 spiro atoms. The summed E-state index contributed by atoms with van der Waals surface area (Å²) in [6.45, 7) is 2.26. The van der Waals surface area contributed by atoms with Gasteiger partial charge in [0.25, 0.3) is 0 Å². The van der Waals surface area contributed by atoms with Crippen LogP contribution in [0, 0.1) is 0 Å². The van der Waals surface area contributed by atoms with E-state index in [1.54, 1.807) is 0 Å². The molecule has 42 valence electrons. The number of rotatable bonds is 0. The maximum Gasteiger partial charge on any atom is 0.0134 e. The van der Waals surface area contributed by atoms with E-state index in [4.69, 9.17) is 0 Å². The van der Waals surface area contributed by atoms with Crippen LogP contribution in [0.2, 0.25) is 0 Å². The highest BCUT2D eigenvalue weighted by Crippen LogP contribution is 1.91. The van der Waals surface area contributed by atoms with Crippen molar-refractivity contribution in [3.8, 4) is 0 Å². The molecular weight excluding hydrogens is 86.1 g/mol. The van der Waals surface area contributed by atoms with Crippen molar-refractivity contribution in [2.45, 2.75) is 12.8 Å². The number of hydrogen-bond donors (Lipinski definition) is 1. The molecule has 0 amide bonds. The predicted octanol–water partition coefficient (Wildman–Crippen LogP) is 1.17. The summed E-state index contributed by atoms with van der Waals surface area (Å²) < 4.78 is 0. The van der Waals surface area contributed by atoms with E-state index in [1.165, 1.54) is 19.4 Å². The van der Waals surface area contributed by atoms with Crippen molar-refractivity contribution in [1.29, 1.82) is 0 Å². The van der Waals surface area contributed by atoms with Gasteiger partial charge in [-0.3, -0.25) is 0 Å². The zero-order valence-corrected chi connectivity index (χ0v) is 4.48. The van der Waals surface area contributed by atoms with Gasteiger partial charge in [0.05, 0.1) is 0 Å². The van der Waals surface area contributed by atoms with E-state index in [0.717, 1.165) is 6.54 Å². The summed E-state index contributed by atoms with van der Waals surface area (Å²) in [4.78, 5) is 0. The van der Waals surface area contributed by atoms with E-state index in [2.05, 4.69) is 17.5 Å². The maximum absolute atomic E-state index is 3.26. The summed E-state index contributed by atoms with van der Waals surface area (Å²) >= 11 is 0. The molecule has 0 saturated carbocycles. The molecule has 0 aromatic rings. The molecule has 0 fully saturated rings. The fourth-order valence-electron chi connectivity index (χ4n) is 0.731. The Bertz CT molecular complexity index is 62.9. The van der Waals surface area contributed by atoms with Crippen molar-refractivity contribution < 1.29 is 1.43 Å². The van der Waals surface area contributed by atoms with Gasteiger partial charge in [-0.15, -0.1) is 0 Å². The fraction of sp³-hybridized carbons (Fsp3) is 0.667. The highest BCUT2D eigenvalue weighted by molar-refractivity contribution is 4.86. The fourth-order valence-corrected chi connectivity index (χ4v) is 0.731. The van der Waals surface area contributed by atoms with Crippen LogP contribution in [0.3, 0.4) is 0 Å². The summed E-state index contributed by atoms with van der Waals surface area (Å²) in [5.41, 5.74) is 0. The lowest BCUT2D eigenvalue weighted by atomic mass is 10.3. The second kappa shape index (κ2) is 2.80. The Hall–Kier alpha value is -0.300. The van der Waals surface area contributed by atoms with E-state index >= 15 is 0 Å². The van der Waals surface area contributed by atoms with E-state index in [-0.39, 0.29) is 1.43 Å². The topological polar surface area (TPSA) is 12.0 Å². The molecule has 0 aliphatic carbocycles. The van der Waals surface area contributed by atoms with Gasteiger partial charge in [-0.2, -0.15) is 0 Å². The minimum Gasteiger partial charge on any atom is -0.313 e. The molecule has 0 radical (unpaired) electrons. The molecule has 0 atom stereocenters. The highest BCUT2D eigenvalue weighted by Gasteiger charge is 1.86. The molecule has 1 heterocycles. The summed E-state index contributed by atoms with van der Waals surface area (Å²) in [5.74, 6) is 0. The molecule has 0 aromatic heterocycles. The molecule has 1 N–H and O–H groups in total.